The molecule has 0 aromatic rings. The van der Waals surface area contributed by atoms with Gasteiger partial charge in [0, 0.05) is 0 Å². The molecule has 0 aliphatic rings. The second-order valence-electron chi connectivity index (χ2n) is 1.53. The molecule has 0 unspecified atom stereocenters. The van der Waals surface area contributed by atoms with Gasteiger partial charge < -0.3 is 24.9 Å². The summed E-state index contributed by atoms with van der Waals surface area (Å²) in [5, 5.41) is 36.4. The van der Waals surface area contributed by atoms with Crippen molar-refractivity contribution in [2.45, 2.75) is 0 Å². The van der Waals surface area contributed by atoms with Gasteiger partial charge in [-0.25, -0.2) is 55.0 Å². The Hall–Kier alpha value is -1.79. The van der Waals surface area contributed by atoms with Crippen molar-refractivity contribution in [2.75, 3.05) is 0 Å². The van der Waals surface area contributed by atoms with Crippen LogP contribution in [0.4, 0.5) is 0 Å². The molecule has 16 nitrogen and oxygen atoms in total. The molecule has 0 saturated carbocycles. The van der Waals surface area contributed by atoms with E-state index < -0.39 is 19.8 Å². The zero-order valence-electron chi connectivity index (χ0n) is 10.5. The van der Waals surface area contributed by atoms with E-state index in [9.17, 15) is 0 Å². The van der Waals surface area contributed by atoms with E-state index in [0.717, 1.165) is 24.3 Å². The van der Waals surface area contributed by atoms with Crippen LogP contribution in [0.3, 0.4) is 0 Å². The van der Waals surface area contributed by atoms with Crippen molar-refractivity contribution in [3.8, 4) is 0 Å². The first-order valence-electron chi connectivity index (χ1n) is 3.70. The molecule has 0 fully saturated rings. The third-order valence-electron chi connectivity index (χ3n) is 0.183. The Morgan fingerprint density at radius 1 is 0.667 bits per heavy atom. The van der Waals surface area contributed by atoms with E-state index in [2.05, 4.69) is 0 Å². The molecule has 0 aliphatic carbocycles. The van der Waals surface area contributed by atoms with E-state index in [-0.39, 0.29) is 51.4 Å². The molecule has 0 saturated heterocycles. The van der Waals surface area contributed by atoms with Crippen LogP contribution in [-0.4, -0.2) is 113 Å². The van der Waals surface area contributed by atoms with Crippen molar-refractivity contribution in [3.63, 3.8) is 0 Å². The Kier molecular flexibility index (Phi) is 77.2. The van der Waals surface area contributed by atoms with Crippen LogP contribution in [0.15, 0.2) is 0 Å². The minimum atomic E-state index is -4.64. The number of carbonyl (C=O) groups excluding carboxylic acids is 4. The van der Waals surface area contributed by atoms with Crippen LogP contribution >= 0.6 is 7.82 Å². The van der Waals surface area contributed by atoms with Crippen molar-refractivity contribution in [1.29, 1.82) is 21.6 Å². The zero-order chi connectivity index (χ0) is 20.5. The molecule has 0 spiro atoms. The van der Waals surface area contributed by atoms with Gasteiger partial charge in [0.15, 0.2) is 0 Å². The first-order valence-corrected chi connectivity index (χ1v) is 5.27. The Bertz CT molecular complexity index is 423. The number of isocyanates is 4. The standard InChI is InChI=1S/C2H2O4.4CHNO.K.H3O4P.H/c3-1(4)2(5)6;4*2-1-3;;1-5(2,3)4;/h(H,3,4)(H,5,6);4*2H;;(H3,1,2,3,4);. The number of aliphatic carboxylic acids is 2. The number of carboxylic acids is 2. The number of hydrogen-bond donors (Lipinski definition) is 9. The summed E-state index contributed by atoms with van der Waals surface area (Å²) in [5.74, 6) is -3.65. The summed E-state index contributed by atoms with van der Waals surface area (Å²) in [6.45, 7) is 0. The van der Waals surface area contributed by atoms with Gasteiger partial charge >= 0.3 is 71.1 Å². The van der Waals surface area contributed by atoms with Crippen molar-refractivity contribution < 1.29 is 58.2 Å². The van der Waals surface area contributed by atoms with Gasteiger partial charge in [0.05, 0.1) is 0 Å². The summed E-state index contributed by atoms with van der Waals surface area (Å²) in [6.07, 6.45) is 3.00. The van der Waals surface area contributed by atoms with Gasteiger partial charge in [-0.1, -0.05) is 0 Å². The average molecular weight is 400 g/mol. The van der Waals surface area contributed by atoms with E-state index in [1.165, 1.54) is 0 Å². The molecule has 0 aromatic carbocycles. The second-order valence-corrected chi connectivity index (χ2v) is 2.56. The predicted octanol–water partition coefficient (Wildman–Crippen LogP) is -2.82. The van der Waals surface area contributed by atoms with Crippen LogP contribution in [0.1, 0.15) is 0 Å². The zero-order valence-corrected chi connectivity index (χ0v) is 11.4. The predicted molar refractivity (Wildman–Crippen MR) is 70.3 cm³/mol. The van der Waals surface area contributed by atoms with Crippen molar-refractivity contribution in [3.05, 3.63) is 0 Å². The summed E-state index contributed by atoms with van der Waals surface area (Å²) in [5.41, 5.74) is 0. The summed E-state index contributed by atoms with van der Waals surface area (Å²) in [6, 6.07) is 0. The van der Waals surface area contributed by atoms with E-state index in [1.54, 1.807) is 0 Å². The van der Waals surface area contributed by atoms with E-state index >= 15 is 0 Å². The van der Waals surface area contributed by atoms with Crippen molar-refractivity contribution in [2.24, 2.45) is 0 Å². The number of carbonyl (C=O) groups is 2. The number of carboxylic acid groups (broad SMARTS) is 2. The maximum absolute atomic E-state index is 9.10. The van der Waals surface area contributed by atoms with Crippen LogP contribution in [0.25, 0.3) is 0 Å². The topological polar surface area (TPSA) is 316 Å². The molecular formula is C6H10KN4O12P. The van der Waals surface area contributed by atoms with E-state index in [1.807, 2.05) is 0 Å². The minimum absolute atomic E-state index is 0. The van der Waals surface area contributed by atoms with Gasteiger partial charge in [-0.05, 0) is 0 Å². The van der Waals surface area contributed by atoms with Gasteiger partial charge in [-0.3, -0.25) is 0 Å². The number of rotatable bonds is 0. The fraction of sp³-hybridized carbons (Fsp3) is 0. The molecule has 0 atom stereocenters. The molecule has 0 amide bonds. The monoisotopic (exact) mass is 400 g/mol. The Labute approximate surface area is 174 Å². The molecule has 0 heterocycles. The Morgan fingerprint density at radius 3 is 0.708 bits per heavy atom. The number of nitrogens with one attached hydrogen (secondary N) is 4. The van der Waals surface area contributed by atoms with E-state index in [4.69, 9.17) is 79.9 Å². The second kappa shape index (κ2) is 42.9. The summed E-state index contributed by atoms with van der Waals surface area (Å²) in [7, 11) is -4.64. The van der Waals surface area contributed by atoms with Crippen LogP contribution in [0.2, 0.25) is 0 Å². The van der Waals surface area contributed by atoms with Crippen LogP contribution in [0, 0.1) is 21.6 Å². The SMILES string of the molecule is N=C=O.N=C=O.N=C=O.N=C=O.O=C(O)C(=O)O.O=P(O)(O)O.[KH]. The molecule has 0 aliphatic heterocycles. The third-order valence-corrected chi connectivity index (χ3v) is 0.183. The summed E-state index contributed by atoms with van der Waals surface area (Å²) >= 11 is 0. The quantitative estimate of drug-likeness (QED) is 0.0653. The van der Waals surface area contributed by atoms with Gasteiger partial charge in [0.1, 0.15) is 0 Å². The fourth-order valence-electron chi connectivity index (χ4n) is 0. The number of hydrogen-bond acceptors (Lipinski definition) is 11. The van der Waals surface area contributed by atoms with Crippen LogP contribution in [0.5, 0.6) is 0 Å². The van der Waals surface area contributed by atoms with Crippen molar-refractivity contribution in [1.82, 2.24) is 0 Å². The first kappa shape index (κ1) is 43.2. The average Bonchev–Trinajstić information content (AvgIpc) is 2.30. The summed E-state index contributed by atoms with van der Waals surface area (Å²) in [4.78, 5) is 73.2. The molecule has 24 heavy (non-hydrogen) atoms. The fourth-order valence-corrected chi connectivity index (χ4v) is 0. The normalized spacial score (nSPS) is 5.62. The molecule has 0 bridgehead atoms. The number of phosphoric acid groups is 1. The Balaban J connectivity index is -0.0000000296. The Morgan fingerprint density at radius 2 is 0.708 bits per heavy atom. The molecule has 0 rings (SSSR count). The molecule has 18 heteroatoms. The van der Waals surface area contributed by atoms with E-state index in [0.29, 0.717) is 0 Å². The molecule has 0 aromatic heterocycles. The molecule has 0 radical (unpaired) electrons. The third kappa shape index (κ3) is 1530. The van der Waals surface area contributed by atoms with Crippen LogP contribution in [-0.2, 0) is 33.3 Å². The van der Waals surface area contributed by atoms with Gasteiger partial charge in [0.25, 0.3) is 0 Å². The van der Waals surface area contributed by atoms with Gasteiger partial charge in [-0.2, -0.15) is 0 Å². The first-order chi connectivity index (χ1) is 10.3. The maximum atomic E-state index is 9.10. The molecule has 132 valence electrons. The molecular weight excluding hydrogens is 390 g/mol. The summed E-state index contributed by atoms with van der Waals surface area (Å²) < 4.78 is 8.88. The van der Waals surface area contributed by atoms with Crippen molar-refractivity contribution >= 4 is 95.5 Å². The van der Waals surface area contributed by atoms with Gasteiger partial charge in [-0.15, -0.1) is 0 Å². The van der Waals surface area contributed by atoms with Crippen LogP contribution < -0.4 is 0 Å². The van der Waals surface area contributed by atoms with Gasteiger partial charge in [0.2, 0.25) is 24.3 Å². The molecule has 9 N–H and O–H groups in total.